The maximum atomic E-state index is 13.1. The van der Waals surface area contributed by atoms with Gasteiger partial charge in [0.1, 0.15) is 5.57 Å². The van der Waals surface area contributed by atoms with Gasteiger partial charge in [0.15, 0.2) is 0 Å². The van der Waals surface area contributed by atoms with Gasteiger partial charge in [-0.15, -0.1) is 0 Å². The monoisotopic (exact) mass is 1640 g/mol. The number of rotatable bonds is 82. The Morgan fingerprint density at radius 1 is 0.232 bits per heavy atom. The van der Waals surface area contributed by atoms with Crippen molar-refractivity contribution in [3.05, 3.63) is 85.5 Å². The first-order valence-electron chi connectivity index (χ1n) is 51.6. The van der Waals surface area contributed by atoms with E-state index < -0.39 is 0 Å². The summed E-state index contributed by atoms with van der Waals surface area (Å²) < 4.78 is 1.66. The standard InChI is InChI=1S/C61H98N2.2C24H49.Pd/c1-9-17-25-32-38-50-46-54(47-51(39-33-26-18-10-2)56(50)43-36-29-21-13-5)60-58(42-24-16-8)59(45-31-23-15-7)61(63(60)62)55-48-52(40-34-27-19-11-3)57(44-37-30-22-14-6)53(49-55)41-35-28-20-12-4;2*1-3-5-7-9-11-13-15-17-19-21-23-24-22-20-18-16-14-12-10-8-6-4-2;/h46-49H,9-30,32-44H2,1-8H3;2*1,3-24H2,2H3;. The smallest absolute Gasteiger partial charge is 0.0654 e. The average molecular weight is 1640 g/mol. The first kappa shape index (κ1) is 106. The molecule has 0 spiro atoms. The predicted molar refractivity (Wildman–Crippen MR) is 504 cm³/mol. The Hall–Kier alpha value is -2.26. The SMILES string of the molecule is CCCC#CC1=C(c2cc(CCCCCC)c(CCCCCC)c(CCCCCC)c2)[N+](=[N-])C(c2cc(CCCCCC)c(CCCCCC)c(CCCCCC)c2)=C1CCCC.CCCCCCCCCCCCCCCCCCCCCCC[CH2][Pd][CH2]CCCCCCCCCCCCCCCCCCCCCCC. The summed E-state index contributed by atoms with van der Waals surface area (Å²) >= 11 is 1.06. The topological polar surface area (TPSA) is 25.3 Å². The van der Waals surface area contributed by atoms with Crippen molar-refractivity contribution in [2.75, 3.05) is 0 Å². The molecule has 0 amide bonds. The molecule has 0 aliphatic carbocycles. The molecule has 0 radical (unpaired) electrons. The fraction of sp³-hybridized carbons (Fsp3) is 0.835. The van der Waals surface area contributed by atoms with Gasteiger partial charge >= 0.3 is 169 Å². The van der Waals surface area contributed by atoms with Crippen LogP contribution < -0.4 is 0 Å². The molecule has 0 bridgehead atoms. The number of hydrogen-bond donors (Lipinski definition) is 0. The summed E-state index contributed by atoms with van der Waals surface area (Å²) in [4.78, 5) is 3.10. The second-order valence-corrected chi connectivity index (χ2v) is 38.1. The molecule has 0 saturated carbocycles. The van der Waals surface area contributed by atoms with Crippen LogP contribution in [-0.2, 0) is 56.5 Å². The third-order valence-electron chi connectivity index (χ3n) is 24.9. The minimum Gasteiger partial charge on any atom is -0.0654 e. The van der Waals surface area contributed by atoms with E-state index in [4.69, 9.17) is 0 Å². The molecule has 0 unspecified atom stereocenters. The van der Waals surface area contributed by atoms with Crippen molar-refractivity contribution in [3.8, 4) is 11.8 Å². The van der Waals surface area contributed by atoms with Crippen molar-refractivity contribution < 1.29 is 22.7 Å². The van der Waals surface area contributed by atoms with E-state index in [0.29, 0.717) is 0 Å². The number of benzene rings is 2. The number of nitrogens with zero attached hydrogens (tertiary/aromatic N) is 2. The number of hydrogen-bond acceptors (Lipinski definition) is 0. The second kappa shape index (κ2) is 81.1. The summed E-state index contributed by atoms with van der Waals surface area (Å²) in [5, 5.41) is 0. The van der Waals surface area contributed by atoms with Gasteiger partial charge in [-0.1, -0.05) is 344 Å². The maximum absolute atomic E-state index is 13.1. The molecule has 0 aromatic heterocycles. The Bertz CT molecular complexity index is 2440. The molecule has 0 saturated heterocycles. The normalized spacial score (nSPS) is 12.4. The van der Waals surface area contributed by atoms with Crippen molar-refractivity contribution in [2.45, 2.75) is 586 Å². The minimum absolute atomic E-state index is 0.872. The third kappa shape index (κ3) is 55.5. The molecule has 3 rings (SSSR count). The minimum atomic E-state index is 0.872. The van der Waals surface area contributed by atoms with Gasteiger partial charge in [-0.2, -0.15) is 0 Å². The van der Waals surface area contributed by atoms with E-state index in [1.807, 2.05) is 0 Å². The zero-order chi connectivity index (χ0) is 80.7. The number of allylic oxidation sites excluding steroid dienone is 2. The van der Waals surface area contributed by atoms with Crippen molar-refractivity contribution in [1.29, 1.82) is 0 Å². The van der Waals surface area contributed by atoms with Crippen LogP contribution in [0.15, 0.2) is 35.4 Å². The molecule has 0 N–H and O–H groups in total. The van der Waals surface area contributed by atoms with Crippen LogP contribution in [0.25, 0.3) is 16.9 Å². The van der Waals surface area contributed by atoms with Crippen LogP contribution in [0, 0.1) is 11.8 Å². The Morgan fingerprint density at radius 2 is 0.446 bits per heavy atom. The quantitative estimate of drug-likeness (QED) is 0.0273. The zero-order valence-corrected chi connectivity index (χ0v) is 79.4. The van der Waals surface area contributed by atoms with E-state index in [-0.39, 0.29) is 0 Å². The van der Waals surface area contributed by atoms with Crippen LogP contribution in [-0.4, -0.2) is 4.70 Å². The van der Waals surface area contributed by atoms with Crippen LogP contribution in [0.4, 0.5) is 0 Å². The summed E-state index contributed by atoms with van der Waals surface area (Å²) in [6.07, 6.45) is 108. The second-order valence-electron chi connectivity index (χ2n) is 35.8. The van der Waals surface area contributed by atoms with E-state index >= 15 is 0 Å². The summed E-state index contributed by atoms with van der Waals surface area (Å²) in [6, 6.07) is 10.1. The van der Waals surface area contributed by atoms with Crippen LogP contribution >= 0.6 is 0 Å². The molecule has 652 valence electrons. The molecule has 1 aliphatic heterocycles. The summed E-state index contributed by atoms with van der Waals surface area (Å²) in [7, 11) is 0. The number of unbranched alkanes of at least 4 members (excludes halogenated alkanes) is 62. The van der Waals surface area contributed by atoms with Crippen LogP contribution in [0.3, 0.4) is 0 Å². The Kier molecular flexibility index (Phi) is 76.6. The first-order valence-corrected chi connectivity index (χ1v) is 53.8. The van der Waals surface area contributed by atoms with Gasteiger partial charge < -0.3 is 5.53 Å². The van der Waals surface area contributed by atoms with Crippen molar-refractivity contribution >= 4 is 11.4 Å². The number of aryl methyl sites for hydroxylation is 4. The van der Waals surface area contributed by atoms with Crippen LogP contribution in [0.5, 0.6) is 0 Å². The molecule has 3 heteroatoms. The molecule has 2 aromatic carbocycles. The van der Waals surface area contributed by atoms with Crippen molar-refractivity contribution in [3.63, 3.8) is 0 Å². The molecule has 112 heavy (non-hydrogen) atoms. The van der Waals surface area contributed by atoms with Crippen LogP contribution in [0.1, 0.15) is 582 Å². The van der Waals surface area contributed by atoms with E-state index in [2.05, 4.69) is 105 Å². The average Bonchev–Trinajstić information content (AvgIpc) is 1.58. The van der Waals surface area contributed by atoms with Crippen molar-refractivity contribution in [1.82, 2.24) is 0 Å². The summed E-state index contributed by atoms with van der Waals surface area (Å²) in [6.45, 7) is 23.1. The molecule has 1 aliphatic rings. The zero-order valence-electron chi connectivity index (χ0n) is 77.8. The molecule has 2 aromatic rings. The first-order chi connectivity index (χ1) is 55.3. The van der Waals surface area contributed by atoms with E-state index in [1.165, 1.54) is 477 Å². The Labute approximate surface area is 712 Å². The van der Waals surface area contributed by atoms with Crippen molar-refractivity contribution in [2.24, 2.45) is 0 Å². The van der Waals surface area contributed by atoms with Gasteiger partial charge in [0.2, 0.25) is 11.4 Å². The third-order valence-corrected chi connectivity index (χ3v) is 27.1. The van der Waals surface area contributed by atoms with Crippen LogP contribution in [0.2, 0.25) is 9.79 Å². The van der Waals surface area contributed by atoms with Gasteiger partial charge in [-0.25, -0.2) is 4.70 Å². The molecule has 0 fully saturated rings. The van der Waals surface area contributed by atoms with Gasteiger partial charge in [0, 0.05) is 23.1 Å². The van der Waals surface area contributed by atoms with E-state index in [9.17, 15) is 5.53 Å². The molecular weight excluding hydrogens is 1440 g/mol. The van der Waals surface area contributed by atoms with E-state index in [0.717, 1.165) is 92.7 Å². The van der Waals surface area contributed by atoms with Gasteiger partial charge in [0.25, 0.3) is 0 Å². The molecule has 0 atom stereocenters. The van der Waals surface area contributed by atoms with Gasteiger partial charge in [0.05, 0.1) is 0 Å². The predicted octanol–water partition coefficient (Wildman–Crippen LogP) is 38.7. The molecular formula is C109H196N2Pd. The van der Waals surface area contributed by atoms with Gasteiger partial charge in [-0.05, 0) is 154 Å². The van der Waals surface area contributed by atoms with Gasteiger partial charge in [-0.3, -0.25) is 0 Å². The van der Waals surface area contributed by atoms with E-state index in [1.54, 1.807) is 36.7 Å². The fourth-order valence-electron chi connectivity index (χ4n) is 17.6. The fourth-order valence-corrected chi connectivity index (χ4v) is 19.6. The molecule has 2 nitrogen and oxygen atoms in total. The summed E-state index contributed by atoms with van der Waals surface area (Å²) in [5.41, 5.74) is 29.2. The Morgan fingerprint density at radius 3 is 0.688 bits per heavy atom. The Balaban J connectivity index is 0.000000787. The summed E-state index contributed by atoms with van der Waals surface area (Å²) in [5.74, 6) is 7.41. The molecule has 1 heterocycles.